The fourth-order valence-electron chi connectivity index (χ4n) is 5.36. The van der Waals surface area contributed by atoms with Gasteiger partial charge in [-0.1, -0.05) is 17.7 Å². The van der Waals surface area contributed by atoms with Gasteiger partial charge >= 0.3 is 0 Å². The smallest absolute Gasteiger partial charge is 0.258 e. The quantitative estimate of drug-likeness (QED) is 0.278. The maximum Gasteiger partial charge on any atom is 0.258 e. The number of halogens is 1. The average molecular weight is 561 g/mol. The Bertz CT molecular complexity index is 1740. The number of pyridine rings is 3. The Labute approximate surface area is 234 Å². The van der Waals surface area contributed by atoms with Gasteiger partial charge in [0.25, 0.3) is 5.91 Å². The summed E-state index contributed by atoms with van der Waals surface area (Å²) >= 11 is 7.77. The van der Waals surface area contributed by atoms with Gasteiger partial charge in [-0.2, -0.15) is 0 Å². The first kappa shape index (κ1) is 25.7. The molecule has 10 heteroatoms. The lowest BCUT2D eigenvalue weighted by Gasteiger charge is -2.19. The van der Waals surface area contributed by atoms with Crippen LogP contribution in [0.15, 0.2) is 59.5 Å². The lowest BCUT2D eigenvalue weighted by molar-refractivity contribution is 0.0951. The van der Waals surface area contributed by atoms with E-state index < -0.39 is 0 Å². The van der Waals surface area contributed by atoms with E-state index in [-0.39, 0.29) is 16.9 Å². The van der Waals surface area contributed by atoms with Gasteiger partial charge in [0.05, 0.1) is 15.6 Å². The van der Waals surface area contributed by atoms with Gasteiger partial charge in [-0.15, -0.1) is 11.3 Å². The molecule has 2 N–H and O–H groups in total. The number of carbonyl (C=O) groups excluding carboxylic acids is 1. The van der Waals surface area contributed by atoms with Gasteiger partial charge in [-0.25, -0.2) is 4.98 Å². The van der Waals surface area contributed by atoms with Crippen molar-refractivity contribution in [2.75, 3.05) is 32.0 Å². The molecule has 1 saturated heterocycles. The van der Waals surface area contributed by atoms with Crippen LogP contribution < -0.4 is 16.1 Å². The zero-order valence-electron chi connectivity index (χ0n) is 21.6. The maximum absolute atomic E-state index is 13.7. The Morgan fingerprint density at radius 1 is 1.18 bits per heavy atom. The van der Waals surface area contributed by atoms with Crippen LogP contribution in [0.2, 0.25) is 5.02 Å². The van der Waals surface area contributed by atoms with E-state index in [4.69, 9.17) is 16.6 Å². The van der Waals surface area contributed by atoms with Crippen molar-refractivity contribution in [3.8, 4) is 0 Å². The zero-order chi connectivity index (χ0) is 26.9. The molecule has 5 heterocycles. The van der Waals surface area contributed by atoms with E-state index in [0.717, 1.165) is 41.7 Å². The highest BCUT2D eigenvalue weighted by molar-refractivity contribution is 7.24. The number of hydrogen-bond donors (Lipinski definition) is 2. The summed E-state index contributed by atoms with van der Waals surface area (Å²) in [4.78, 5) is 39.3. The molecule has 1 amide bonds. The number of aromatic nitrogens is 3. The van der Waals surface area contributed by atoms with Crippen molar-refractivity contribution in [2.24, 2.45) is 0 Å². The molecular formula is C29H29ClN6O2S. The number of rotatable bonds is 8. The standard InChI is InChI=1S/C29H29ClN6O2S/c1-35-16-4-6-20(35)12-15-33-28(38)25-26(37)21-8-10-24(32-14-11-19-5-2-3-13-31-19)34-27(21)36-22-17-18(30)7-9-23(22)39-29(25)36/h2-3,5,7-10,13,17,20H,4,6,11-12,14-16H2,1H3,(H,32,34)(H,33,38). The Morgan fingerprint density at radius 2 is 2.08 bits per heavy atom. The number of anilines is 1. The van der Waals surface area contributed by atoms with Gasteiger partial charge in [0.15, 0.2) is 5.65 Å². The minimum atomic E-state index is -0.352. The van der Waals surface area contributed by atoms with E-state index in [1.165, 1.54) is 17.8 Å². The number of carbonyl (C=O) groups is 1. The molecule has 1 fully saturated rings. The first-order chi connectivity index (χ1) is 19.0. The van der Waals surface area contributed by atoms with Gasteiger partial charge < -0.3 is 15.5 Å². The third-order valence-electron chi connectivity index (χ3n) is 7.42. The van der Waals surface area contributed by atoms with Crippen LogP contribution in [-0.4, -0.2) is 57.9 Å². The summed E-state index contributed by atoms with van der Waals surface area (Å²) < 4.78 is 2.81. The Kier molecular flexibility index (Phi) is 7.20. The van der Waals surface area contributed by atoms with Crippen LogP contribution in [0.5, 0.6) is 0 Å². The molecule has 1 atom stereocenters. The topological polar surface area (TPSA) is 91.6 Å². The molecule has 8 nitrogen and oxygen atoms in total. The Hall–Kier alpha value is -3.53. The molecule has 1 aliphatic heterocycles. The lowest BCUT2D eigenvalue weighted by atomic mass is 10.1. The molecule has 1 aliphatic rings. The highest BCUT2D eigenvalue weighted by atomic mass is 35.5. The third-order valence-corrected chi connectivity index (χ3v) is 8.80. The lowest BCUT2D eigenvalue weighted by Crippen LogP contribution is -2.34. The van der Waals surface area contributed by atoms with E-state index >= 15 is 0 Å². The molecule has 0 spiro atoms. The third kappa shape index (κ3) is 5.09. The van der Waals surface area contributed by atoms with Crippen LogP contribution in [-0.2, 0) is 6.42 Å². The molecule has 0 bridgehead atoms. The van der Waals surface area contributed by atoms with Crippen LogP contribution in [0.3, 0.4) is 0 Å². The van der Waals surface area contributed by atoms with Crippen molar-refractivity contribution in [1.29, 1.82) is 0 Å². The minimum absolute atomic E-state index is 0.150. The van der Waals surface area contributed by atoms with E-state index in [9.17, 15) is 9.59 Å². The van der Waals surface area contributed by atoms with Crippen LogP contribution in [0.25, 0.3) is 26.1 Å². The molecule has 1 unspecified atom stereocenters. The summed E-state index contributed by atoms with van der Waals surface area (Å²) in [5.74, 6) is 0.293. The van der Waals surface area contributed by atoms with Gasteiger partial charge in [-0.3, -0.25) is 19.0 Å². The van der Waals surface area contributed by atoms with Crippen LogP contribution in [0.1, 0.15) is 35.3 Å². The van der Waals surface area contributed by atoms with E-state index in [0.29, 0.717) is 45.8 Å². The Morgan fingerprint density at radius 3 is 2.87 bits per heavy atom. The summed E-state index contributed by atoms with van der Waals surface area (Å²) in [6, 6.07) is 15.4. The normalized spacial score (nSPS) is 15.9. The second-order valence-electron chi connectivity index (χ2n) is 9.95. The van der Waals surface area contributed by atoms with Crippen molar-refractivity contribution >= 4 is 60.7 Å². The molecular weight excluding hydrogens is 532 g/mol. The SMILES string of the molecule is CN1CCCC1CCNC(=O)c1c(=O)c2ccc(NCCc3ccccn3)nc2n2c1sc1ccc(Cl)cc12. The van der Waals surface area contributed by atoms with Gasteiger partial charge in [-0.05, 0) is 75.3 Å². The van der Waals surface area contributed by atoms with Crippen molar-refractivity contribution < 1.29 is 4.79 Å². The van der Waals surface area contributed by atoms with E-state index in [1.54, 1.807) is 18.3 Å². The van der Waals surface area contributed by atoms with Crippen LogP contribution >= 0.6 is 22.9 Å². The molecule has 0 aliphatic carbocycles. The maximum atomic E-state index is 13.7. The van der Waals surface area contributed by atoms with Crippen molar-refractivity contribution in [3.63, 3.8) is 0 Å². The highest BCUT2D eigenvalue weighted by Crippen LogP contribution is 2.32. The summed E-state index contributed by atoms with van der Waals surface area (Å²) in [5, 5.41) is 7.33. The number of nitrogens with one attached hydrogen (secondary N) is 2. The largest absolute Gasteiger partial charge is 0.370 e. The predicted molar refractivity (Wildman–Crippen MR) is 158 cm³/mol. The number of likely N-dealkylation sites (tertiary alicyclic amines) is 1. The number of benzene rings is 1. The molecule has 0 saturated carbocycles. The van der Waals surface area contributed by atoms with E-state index in [1.807, 2.05) is 40.8 Å². The minimum Gasteiger partial charge on any atom is -0.370 e. The molecule has 1 aromatic carbocycles. The second-order valence-corrected chi connectivity index (χ2v) is 11.4. The molecule has 6 rings (SSSR count). The zero-order valence-corrected chi connectivity index (χ0v) is 23.2. The van der Waals surface area contributed by atoms with Gasteiger partial charge in [0.1, 0.15) is 16.2 Å². The fourth-order valence-corrected chi connectivity index (χ4v) is 6.69. The second kappa shape index (κ2) is 10.9. The Balaban J connectivity index is 1.37. The molecule has 39 heavy (non-hydrogen) atoms. The monoisotopic (exact) mass is 560 g/mol. The first-order valence-corrected chi connectivity index (χ1v) is 14.4. The summed E-state index contributed by atoms with van der Waals surface area (Å²) in [7, 11) is 2.12. The number of hydrogen-bond acceptors (Lipinski definition) is 7. The summed E-state index contributed by atoms with van der Waals surface area (Å²) in [5.41, 5.74) is 2.13. The summed E-state index contributed by atoms with van der Waals surface area (Å²) in [6.07, 6.45) is 5.69. The van der Waals surface area contributed by atoms with Crippen molar-refractivity contribution in [2.45, 2.75) is 31.7 Å². The van der Waals surface area contributed by atoms with Crippen LogP contribution in [0, 0.1) is 0 Å². The average Bonchev–Trinajstić information content (AvgIpc) is 3.52. The summed E-state index contributed by atoms with van der Waals surface area (Å²) in [6.45, 7) is 2.24. The molecule has 4 aromatic heterocycles. The van der Waals surface area contributed by atoms with Gasteiger partial charge in [0.2, 0.25) is 5.43 Å². The van der Waals surface area contributed by atoms with Gasteiger partial charge in [0, 0.05) is 42.5 Å². The van der Waals surface area contributed by atoms with Crippen LogP contribution in [0.4, 0.5) is 5.82 Å². The molecule has 0 radical (unpaired) electrons. The van der Waals surface area contributed by atoms with Crippen molar-refractivity contribution in [3.05, 3.63) is 81.2 Å². The number of nitrogens with zero attached hydrogens (tertiary/aromatic N) is 4. The number of fused-ring (bicyclic) bond motifs is 5. The molecule has 200 valence electrons. The van der Waals surface area contributed by atoms with Crippen molar-refractivity contribution in [1.82, 2.24) is 24.6 Å². The number of amides is 1. The predicted octanol–water partition coefficient (Wildman–Crippen LogP) is 4.98. The number of thiazole rings is 1. The van der Waals surface area contributed by atoms with E-state index in [2.05, 4.69) is 27.6 Å². The molecule has 5 aromatic rings. The highest BCUT2D eigenvalue weighted by Gasteiger charge is 2.24. The fraction of sp³-hybridized carbons (Fsp3) is 0.310. The first-order valence-electron chi connectivity index (χ1n) is 13.2.